The summed E-state index contributed by atoms with van der Waals surface area (Å²) < 4.78 is 47.4. The Morgan fingerprint density at radius 2 is 1.10 bits per heavy atom. The van der Waals surface area contributed by atoms with Gasteiger partial charge in [0, 0.05) is 19.3 Å². The minimum absolute atomic E-state index is 0.00904. The van der Waals surface area contributed by atoms with E-state index < -0.39 is 129 Å². The number of ether oxygens (including phenoxy) is 8. The number of carbonyl (C=O) groups excluding carboxylic acids is 2. The summed E-state index contributed by atoms with van der Waals surface area (Å²) in [6.07, 6.45) is -3.70. The molecule has 0 saturated carbocycles. The van der Waals surface area contributed by atoms with Gasteiger partial charge in [-0.25, -0.2) is 4.79 Å². The highest BCUT2D eigenvalue weighted by Gasteiger charge is 2.52. The molecule has 3 aliphatic heterocycles. The molecule has 20 heteroatoms. The zero-order valence-corrected chi connectivity index (χ0v) is 42.4. The SMILES string of the molecule is CCCCC(CCC[C@H](O)[C@@H](O)CCCCCCCCCCCCCC[C@H](O)C(=O)O)OC1OC[C@H](O)[C@@H](O)[C@@H]1OC1OC[C@H](O)[C@@H](O)[C@@H]1O[C@H]1O[C@@H](COC(=O)CC(C)C)[C@H](OC(C)=O)C(C)[C@@H]1O. The van der Waals surface area contributed by atoms with E-state index in [-0.39, 0.29) is 25.6 Å². The number of esters is 2. The topological polar surface area (TPSA) is 307 Å². The van der Waals surface area contributed by atoms with Crippen LogP contribution in [0.25, 0.3) is 0 Å². The highest BCUT2D eigenvalue weighted by Crippen LogP contribution is 2.34. The Bertz CT molecular complexity index is 1440. The molecule has 3 aliphatic rings. The third-order valence-corrected chi connectivity index (χ3v) is 13.4. The fourth-order valence-corrected chi connectivity index (χ4v) is 9.09. The molecule has 0 amide bonds. The number of aliphatic hydroxyl groups excluding tert-OH is 8. The molecule has 70 heavy (non-hydrogen) atoms. The third kappa shape index (κ3) is 22.1. The number of unbranched alkanes of at least 4 members (excludes halogenated alkanes) is 12. The summed E-state index contributed by atoms with van der Waals surface area (Å²) in [6.45, 7) is 7.44. The van der Waals surface area contributed by atoms with Gasteiger partial charge in [0.1, 0.15) is 61.5 Å². The van der Waals surface area contributed by atoms with Crippen LogP contribution in [0.1, 0.15) is 169 Å². The lowest BCUT2D eigenvalue weighted by molar-refractivity contribution is -0.378. The van der Waals surface area contributed by atoms with Gasteiger partial charge in [0.05, 0.1) is 31.5 Å². The number of hydrogen-bond donors (Lipinski definition) is 9. The first kappa shape index (κ1) is 62.1. The van der Waals surface area contributed by atoms with Crippen molar-refractivity contribution in [3.63, 3.8) is 0 Å². The Labute approximate surface area is 414 Å². The molecule has 0 aromatic carbocycles. The summed E-state index contributed by atoms with van der Waals surface area (Å²) in [6, 6.07) is 0. The molecule has 410 valence electrons. The van der Waals surface area contributed by atoms with E-state index in [1.807, 2.05) is 20.8 Å². The van der Waals surface area contributed by atoms with Crippen molar-refractivity contribution in [1.82, 2.24) is 0 Å². The second kappa shape index (κ2) is 33.6. The monoisotopic (exact) mass is 1010 g/mol. The van der Waals surface area contributed by atoms with E-state index in [0.717, 1.165) is 89.9 Å². The number of hydrogen-bond acceptors (Lipinski definition) is 19. The summed E-state index contributed by atoms with van der Waals surface area (Å²) >= 11 is 0. The van der Waals surface area contributed by atoms with Crippen molar-refractivity contribution in [3.8, 4) is 0 Å². The van der Waals surface area contributed by atoms with E-state index in [0.29, 0.717) is 38.5 Å². The maximum atomic E-state index is 12.4. The lowest BCUT2D eigenvalue weighted by atomic mass is 9.90. The normalized spacial score (nSPS) is 31.2. The highest BCUT2D eigenvalue weighted by molar-refractivity contribution is 5.71. The average molecular weight is 1010 g/mol. The van der Waals surface area contributed by atoms with Crippen molar-refractivity contribution < 1.29 is 98.2 Å². The van der Waals surface area contributed by atoms with Crippen molar-refractivity contribution >= 4 is 17.9 Å². The molecule has 3 rings (SSSR count). The van der Waals surface area contributed by atoms with Crippen LogP contribution in [0.15, 0.2) is 0 Å². The van der Waals surface area contributed by atoms with Crippen LogP contribution in [0, 0.1) is 11.8 Å². The van der Waals surface area contributed by atoms with Crippen LogP contribution in [0.2, 0.25) is 0 Å². The van der Waals surface area contributed by atoms with E-state index in [2.05, 4.69) is 0 Å². The van der Waals surface area contributed by atoms with Gasteiger partial charge in [-0.05, 0) is 44.4 Å². The van der Waals surface area contributed by atoms with Crippen molar-refractivity contribution in [2.75, 3.05) is 19.8 Å². The van der Waals surface area contributed by atoms with E-state index in [4.69, 9.17) is 43.0 Å². The number of carboxylic acids is 1. The molecule has 0 aromatic heterocycles. The molecule has 0 radical (unpaired) electrons. The van der Waals surface area contributed by atoms with E-state index >= 15 is 0 Å². The number of carboxylic acid groups (broad SMARTS) is 1. The van der Waals surface area contributed by atoms with Crippen molar-refractivity contribution in [2.45, 2.75) is 268 Å². The third-order valence-electron chi connectivity index (χ3n) is 13.4. The minimum Gasteiger partial charge on any atom is -0.479 e. The van der Waals surface area contributed by atoms with Gasteiger partial charge in [-0.2, -0.15) is 0 Å². The van der Waals surface area contributed by atoms with Crippen LogP contribution in [-0.4, -0.2) is 182 Å². The smallest absolute Gasteiger partial charge is 0.332 e. The molecule has 3 heterocycles. The molecule has 3 saturated heterocycles. The number of rotatable bonds is 35. The van der Waals surface area contributed by atoms with Crippen LogP contribution in [0.4, 0.5) is 0 Å². The second-order valence-electron chi connectivity index (χ2n) is 20.1. The van der Waals surface area contributed by atoms with Gasteiger partial charge < -0.3 is 83.9 Å². The molecule has 20 nitrogen and oxygen atoms in total. The summed E-state index contributed by atoms with van der Waals surface area (Å²) in [7, 11) is 0. The van der Waals surface area contributed by atoms with Gasteiger partial charge in [-0.3, -0.25) is 9.59 Å². The van der Waals surface area contributed by atoms with Gasteiger partial charge in [0.2, 0.25) is 0 Å². The largest absolute Gasteiger partial charge is 0.479 e. The molecule has 0 aromatic rings. The van der Waals surface area contributed by atoms with Crippen LogP contribution in [-0.2, 0) is 52.3 Å². The summed E-state index contributed by atoms with van der Waals surface area (Å²) in [5.41, 5.74) is 0. The quantitative estimate of drug-likeness (QED) is 0.0324. The van der Waals surface area contributed by atoms with Crippen LogP contribution in [0.3, 0.4) is 0 Å². The van der Waals surface area contributed by atoms with E-state index in [9.17, 15) is 55.2 Å². The first-order valence-electron chi connectivity index (χ1n) is 26.2. The Balaban J connectivity index is 1.52. The first-order chi connectivity index (χ1) is 33.3. The average Bonchev–Trinajstić information content (AvgIpc) is 3.31. The van der Waals surface area contributed by atoms with Crippen molar-refractivity contribution in [2.24, 2.45) is 11.8 Å². The summed E-state index contributed by atoms with van der Waals surface area (Å²) in [4.78, 5) is 35.2. The number of aliphatic hydroxyl groups is 8. The first-order valence-corrected chi connectivity index (χ1v) is 26.2. The molecule has 9 N–H and O–H groups in total. The number of aliphatic carboxylic acids is 1. The predicted molar refractivity (Wildman–Crippen MR) is 252 cm³/mol. The van der Waals surface area contributed by atoms with Gasteiger partial charge in [0.25, 0.3) is 0 Å². The summed E-state index contributed by atoms with van der Waals surface area (Å²) in [5.74, 6) is -3.16. The molecular formula is C50H90O20. The molecule has 0 bridgehead atoms. The predicted octanol–water partition coefficient (Wildman–Crippen LogP) is 3.53. The lowest BCUT2D eigenvalue weighted by Crippen LogP contribution is -2.63. The van der Waals surface area contributed by atoms with Crippen molar-refractivity contribution in [3.05, 3.63) is 0 Å². The fraction of sp³-hybridized carbons (Fsp3) is 0.940. The van der Waals surface area contributed by atoms with Crippen LogP contribution in [0.5, 0.6) is 0 Å². The van der Waals surface area contributed by atoms with Crippen molar-refractivity contribution in [1.29, 1.82) is 0 Å². The second-order valence-corrected chi connectivity index (χ2v) is 20.1. The summed E-state index contributed by atoms with van der Waals surface area (Å²) in [5, 5.41) is 94.9. The molecule has 3 fully saturated rings. The Morgan fingerprint density at radius 1 is 0.614 bits per heavy atom. The van der Waals surface area contributed by atoms with Gasteiger partial charge in [0.15, 0.2) is 25.0 Å². The Hall–Kier alpha value is -2.15. The zero-order chi connectivity index (χ0) is 51.8. The Kier molecular flexibility index (Phi) is 29.9. The highest BCUT2D eigenvalue weighted by atomic mass is 16.8. The maximum Gasteiger partial charge on any atom is 0.332 e. The van der Waals surface area contributed by atoms with E-state index in [1.165, 1.54) is 6.92 Å². The molecule has 0 spiro atoms. The molecule has 17 atom stereocenters. The Morgan fingerprint density at radius 3 is 1.63 bits per heavy atom. The lowest BCUT2D eigenvalue weighted by Gasteiger charge is -2.47. The minimum atomic E-state index is -1.67. The number of carbonyl (C=O) groups is 3. The molecular weight excluding hydrogens is 921 g/mol. The van der Waals surface area contributed by atoms with Crippen LogP contribution < -0.4 is 0 Å². The standard InChI is InChI=1S/C50H90O20/c1-6-7-21-33(22-20-25-35(53)34(52)23-18-16-14-12-10-8-9-11-13-15-17-19-24-36(54)47(61)62)67-49-45(42(59)37(55)27-64-49)70-50-46(43(60)38(56)28-65-50)69-48-41(58)31(4)44(66-32(5)51)39(68-48)29-63-40(57)26-30(2)3/h30-31,33-39,41-46,48-50,52-56,58-60H,6-29H2,1-5H3,(H,61,62)/t31?,33?,34-,35-,36-,37-,38-,39-,41-,42+,43+,44+,45-,46-,48+,49?,50?/m0/s1. The molecule has 0 aliphatic carbocycles. The van der Waals surface area contributed by atoms with Gasteiger partial charge in [-0.1, -0.05) is 118 Å². The fourth-order valence-electron chi connectivity index (χ4n) is 9.09. The van der Waals surface area contributed by atoms with Crippen LogP contribution >= 0.6 is 0 Å². The van der Waals surface area contributed by atoms with E-state index in [1.54, 1.807) is 6.92 Å². The zero-order valence-electron chi connectivity index (χ0n) is 42.4. The maximum absolute atomic E-state index is 12.4. The van der Waals surface area contributed by atoms with Gasteiger partial charge >= 0.3 is 17.9 Å². The molecule has 4 unspecified atom stereocenters. The van der Waals surface area contributed by atoms with Gasteiger partial charge in [-0.15, -0.1) is 0 Å².